The van der Waals surface area contributed by atoms with E-state index in [2.05, 4.69) is 36.9 Å². The Morgan fingerprint density at radius 1 is 1.44 bits per heavy atom. The molecular weight excluding hydrogens is 443 g/mol. The fraction of sp³-hybridized carbons (Fsp3) is 0.500. The molecule has 5 rings (SSSR count). The van der Waals surface area contributed by atoms with Crippen molar-refractivity contribution in [2.24, 2.45) is 0 Å². The van der Waals surface area contributed by atoms with Gasteiger partial charge in [0.1, 0.15) is 23.9 Å². The highest BCUT2D eigenvalue weighted by atomic mass is 19.1. The molecule has 0 radical (unpaired) electrons. The van der Waals surface area contributed by atoms with Crippen LogP contribution in [0.25, 0.3) is 5.65 Å². The van der Waals surface area contributed by atoms with E-state index < -0.39 is 24.3 Å². The van der Waals surface area contributed by atoms with E-state index in [4.69, 9.17) is 9.47 Å². The molecule has 11 nitrogen and oxygen atoms in total. The molecule has 3 atom stereocenters. The van der Waals surface area contributed by atoms with Gasteiger partial charge in [0.2, 0.25) is 5.95 Å². The fourth-order valence-corrected chi connectivity index (χ4v) is 4.22. The third-order valence-corrected chi connectivity index (χ3v) is 6.35. The first-order valence-electron chi connectivity index (χ1n) is 11.1. The SMILES string of the molecule is COCc1cn2c(Nc3cc([C@H]4CC[C@@H](OC(=O)NC5(C)CC5)[C@@H]4F)[nH]n3)ncc(C#N)c2n1. The maximum atomic E-state index is 15.1. The first-order chi connectivity index (χ1) is 16.4. The first kappa shape index (κ1) is 22.1. The van der Waals surface area contributed by atoms with E-state index in [1.165, 1.54) is 6.20 Å². The maximum absolute atomic E-state index is 15.1. The minimum Gasteiger partial charge on any atom is -0.443 e. The molecule has 0 aliphatic heterocycles. The molecule has 0 unspecified atom stereocenters. The lowest BCUT2D eigenvalue weighted by Crippen LogP contribution is -2.38. The number of imidazole rings is 1. The molecule has 3 N–H and O–H groups in total. The van der Waals surface area contributed by atoms with E-state index in [9.17, 15) is 10.1 Å². The summed E-state index contributed by atoms with van der Waals surface area (Å²) >= 11 is 0. The molecule has 2 aliphatic carbocycles. The molecule has 0 saturated heterocycles. The minimum absolute atomic E-state index is 0.213. The van der Waals surface area contributed by atoms with Gasteiger partial charge < -0.3 is 20.1 Å². The number of methoxy groups -OCH3 is 1. The van der Waals surface area contributed by atoms with Crippen LogP contribution in [0.1, 0.15) is 55.5 Å². The lowest BCUT2D eigenvalue weighted by atomic mass is 10.0. The number of ether oxygens (including phenoxy) is 2. The Kier molecular flexibility index (Phi) is 5.57. The number of fused-ring (bicyclic) bond motifs is 1. The van der Waals surface area contributed by atoms with Crippen molar-refractivity contribution in [3.05, 3.63) is 35.4 Å². The van der Waals surface area contributed by atoms with Crippen LogP contribution in [0.4, 0.5) is 21.0 Å². The molecule has 0 aromatic carbocycles. The third kappa shape index (κ3) is 4.26. The average Bonchev–Trinajstić information content (AvgIpc) is 3.16. The van der Waals surface area contributed by atoms with Crippen LogP contribution in [0.3, 0.4) is 0 Å². The Balaban J connectivity index is 1.29. The molecule has 3 aromatic heterocycles. The molecule has 2 fully saturated rings. The Morgan fingerprint density at radius 3 is 3.00 bits per heavy atom. The van der Waals surface area contributed by atoms with Gasteiger partial charge in [0.25, 0.3) is 0 Å². The second-order valence-corrected chi connectivity index (χ2v) is 9.06. The van der Waals surface area contributed by atoms with Crippen LogP contribution < -0.4 is 10.6 Å². The van der Waals surface area contributed by atoms with Crippen molar-refractivity contribution in [2.75, 3.05) is 12.4 Å². The van der Waals surface area contributed by atoms with Gasteiger partial charge >= 0.3 is 6.09 Å². The van der Waals surface area contributed by atoms with Crippen LogP contribution in [-0.4, -0.2) is 55.6 Å². The number of nitrogens with zero attached hydrogens (tertiary/aromatic N) is 5. The zero-order valence-corrected chi connectivity index (χ0v) is 18.8. The van der Waals surface area contributed by atoms with Crippen molar-refractivity contribution < 1.29 is 18.7 Å². The zero-order valence-electron chi connectivity index (χ0n) is 18.8. The van der Waals surface area contributed by atoms with Crippen molar-refractivity contribution in [3.8, 4) is 6.07 Å². The number of alkyl halides is 1. The standard InChI is InChI=1S/C22H25FN8O3/c1-22(5-6-22)28-21(32)34-16-4-3-14(18(16)23)15-7-17(30-29-15)27-20-25-9-12(8-24)19-26-13(11-33-2)10-31(19)20/h7,9-10,14,16,18H,3-6,11H2,1-2H3,(H,28,32)(H2,25,27,29,30)/t14-,16-,18-/m1/s1. The van der Waals surface area contributed by atoms with Crippen molar-refractivity contribution in [1.82, 2.24) is 29.9 Å². The Hall–Kier alpha value is -3.72. The van der Waals surface area contributed by atoms with Crippen molar-refractivity contribution >= 4 is 23.5 Å². The van der Waals surface area contributed by atoms with Gasteiger partial charge in [-0.3, -0.25) is 9.50 Å². The van der Waals surface area contributed by atoms with Crippen LogP contribution in [-0.2, 0) is 16.1 Å². The molecule has 1 amide bonds. The van der Waals surface area contributed by atoms with Gasteiger partial charge in [-0.15, -0.1) is 0 Å². The number of amides is 1. The molecule has 0 spiro atoms. The van der Waals surface area contributed by atoms with Gasteiger partial charge in [0.15, 0.2) is 11.5 Å². The van der Waals surface area contributed by atoms with Crippen molar-refractivity contribution in [2.45, 2.75) is 62.9 Å². The number of rotatable bonds is 7. The summed E-state index contributed by atoms with van der Waals surface area (Å²) in [5.41, 5.74) is 1.81. The van der Waals surface area contributed by atoms with E-state index in [1.54, 1.807) is 23.8 Å². The molecule has 3 heterocycles. The highest BCUT2D eigenvalue weighted by Crippen LogP contribution is 2.39. The first-order valence-corrected chi connectivity index (χ1v) is 11.1. The largest absolute Gasteiger partial charge is 0.443 e. The van der Waals surface area contributed by atoms with Crippen molar-refractivity contribution in [3.63, 3.8) is 0 Å². The summed E-state index contributed by atoms with van der Waals surface area (Å²) in [6, 6.07) is 3.79. The summed E-state index contributed by atoms with van der Waals surface area (Å²) < 4.78 is 27.2. The molecule has 0 bridgehead atoms. The number of carbonyl (C=O) groups excluding carboxylic acids is 1. The highest BCUT2D eigenvalue weighted by Gasteiger charge is 2.43. The molecule has 34 heavy (non-hydrogen) atoms. The molecule has 12 heteroatoms. The van der Waals surface area contributed by atoms with Crippen LogP contribution in [0, 0.1) is 11.3 Å². The number of aromatic amines is 1. The predicted molar refractivity (Wildman–Crippen MR) is 118 cm³/mol. The van der Waals surface area contributed by atoms with Gasteiger partial charge in [0, 0.05) is 36.5 Å². The molecule has 3 aromatic rings. The number of hydrogen-bond donors (Lipinski definition) is 3. The van der Waals surface area contributed by atoms with Crippen LogP contribution in [0.2, 0.25) is 0 Å². The van der Waals surface area contributed by atoms with Crippen molar-refractivity contribution in [1.29, 1.82) is 5.26 Å². The second-order valence-electron chi connectivity index (χ2n) is 9.06. The predicted octanol–water partition coefficient (Wildman–Crippen LogP) is 3.08. The summed E-state index contributed by atoms with van der Waals surface area (Å²) in [6.07, 6.45) is 3.24. The Bertz CT molecular complexity index is 1260. The highest BCUT2D eigenvalue weighted by molar-refractivity contribution is 5.69. The molecule has 2 aliphatic rings. The molecular formula is C22H25FN8O3. The number of nitriles is 1. The average molecular weight is 468 g/mol. The lowest BCUT2D eigenvalue weighted by molar-refractivity contribution is 0.0546. The third-order valence-electron chi connectivity index (χ3n) is 6.35. The monoisotopic (exact) mass is 468 g/mol. The quantitative estimate of drug-likeness (QED) is 0.480. The van der Waals surface area contributed by atoms with Crippen LogP contribution in [0.15, 0.2) is 18.5 Å². The van der Waals surface area contributed by atoms with Gasteiger partial charge in [0.05, 0.1) is 18.5 Å². The number of halogens is 1. The number of H-pyrrole nitrogens is 1. The van der Waals surface area contributed by atoms with E-state index in [0.29, 0.717) is 53.8 Å². The summed E-state index contributed by atoms with van der Waals surface area (Å²) in [7, 11) is 1.56. The topological polar surface area (TPSA) is 142 Å². The second kappa shape index (κ2) is 8.57. The van der Waals surface area contributed by atoms with Gasteiger partial charge in [-0.1, -0.05) is 0 Å². The number of nitrogens with one attached hydrogen (secondary N) is 3. The number of anilines is 2. The summed E-state index contributed by atoms with van der Waals surface area (Å²) in [4.78, 5) is 20.8. The number of hydrogen-bond acceptors (Lipinski definition) is 8. The normalized spacial score (nSPS) is 22.9. The number of alkyl carbamates (subject to hydrolysis) is 1. The van der Waals surface area contributed by atoms with Crippen LogP contribution >= 0.6 is 0 Å². The summed E-state index contributed by atoms with van der Waals surface area (Å²) in [5.74, 6) is 0.371. The molecule has 2 saturated carbocycles. The zero-order chi connectivity index (χ0) is 23.9. The number of aromatic nitrogens is 5. The lowest BCUT2D eigenvalue weighted by Gasteiger charge is -2.19. The maximum Gasteiger partial charge on any atom is 0.407 e. The van der Waals surface area contributed by atoms with Gasteiger partial charge in [-0.25, -0.2) is 19.2 Å². The summed E-state index contributed by atoms with van der Waals surface area (Å²) in [5, 5.41) is 22.4. The van der Waals surface area contributed by atoms with E-state index in [0.717, 1.165) is 12.8 Å². The smallest absolute Gasteiger partial charge is 0.407 e. The van der Waals surface area contributed by atoms with E-state index in [-0.39, 0.29) is 5.54 Å². The van der Waals surface area contributed by atoms with E-state index >= 15 is 4.39 Å². The Labute approximate surface area is 194 Å². The molecule has 178 valence electrons. The van der Waals surface area contributed by atoms with Gasteiger partial charge in [-0.05, 0) is 32.6 Å². The van der Waals surface area contributed by atoms with Gasteiger partial charge in [-0.2, -0.15) is 10.4 Å². The Morgan fingerprint density at radius 2 is 2.26 bits per heavy atom. The minimum atomic E-state index is -1.34. The summed E-state index contributed by atoms with van der Waals surface area (Å²) in [6.45, 7) is 2.23. The fourth-order valence-electron chi connectivity index (χ4n) is 4.22. The number of carbonyl (C=O) groups is 1. The van der Waals surface area contributed by atoms with Crippen LogP contribution in [0.5, 0.6) is 0 Å². The van der Waals surface area contributed by atoms with E-state index in [1.807, 2.05) is 6.92 Å².